The second-order valence-electron chi connectivity index (χ2n) is 4.71. The molecule has 5 heteroatoms. The Bertz CT molecular complexity index is 660. The van der Waals surface area contributed by atoms with Gasteiger partial charge in [-0.3, -0.25) is 0 Å². The molecule has 2 nitrogen and oxygen atoms in total. The van der Waals surface area contributed by atoms with Gasteiger partial charge in [-0.15, -0.1) is 0 Å². The van der Waals surface area contributed by atoms with E-state index < -0.39 is 23.8 Å². The first kappa shape index (κ1) is 13.3. The molecule has 2 aromatic carbocycles. The zero-order valence-electron chi connectivity index (χ0n) is 10.3. The summed E-state index contributed by atoms with van der Waals surface area (Å²) in [7, 11) is 0. The molecule has 20 heavy (non-hydrogen) atoms. The summed E-state index contributed by atoms with van der Waals surface area (Å²) < 4.78 is 32.1. The Morgan fingerprint density at radius 1 is 1.15 bits per heavy atom. The van der Waals surface area contributed by atoms with Crippen LogP contribution in [0.3, 0.4) is 0 Å². The zero-order valence-corrected chi connectivity index (χ0v) is 11.1. The Morgan fingerprint density at radius 2 is 1.95 bits per heavy atom. The Balaban J connectivity index is 1.96. The van der Waals surface area contributed by atoms with Gasteiger partial charge in [-0.1, -0.05) is 17.7 Å². The Hall–Kier alpha value is -1.65. The molecule has 1 aliphatic rings. The van der Waals surface area contributed by atoms with Gasteiger partial charge in [0.15, 0.2) is 0 Å². The standard InChI is InChI=1S/C15H11ClF2O2/c16-11-5-8(1-4-12(11)18)14-7-13(19)10-3-2-9(17)6-15(10)20-14/h1-6,13-14,19H,7H2/t13-,14?/m1/s1. The Kier molecular flexibility index (Phi) is 3.36. The van der Waals surface area contributed by atoms with Gasteiger partial charge in [0.1, 0.15) is 23.5 Å². The summed E-state index contributed by atoms with van der Waals surface area (Å²) in [6, 6.07) is 8.26. The van der Waals surface area contributed by atoms with Gasteiger partial charge in [0.25, 0.3) is 0 Å². The minimum Gasteiger partial charge on any atom is -0.485 e. The zero-order chi connectivity index (χ0) is 14.3. The summed E-state index contributed by atoms with van der Waals surface area (Å²) >= 11 is 5.74. The molecule has 0 radical (unpaired) electrons. The van der Waals surface area contributed by atoms with Crippen molar-refractivity contribution in [2.24, 2.45) is 0 Å². The van der Waals surface area contributed by atoms with E-state index >= 15 is 0 Å². The summed E-state index contributed by atoms with van der Waals surface area (Å²) in [5, 5.41) is 10.1. The van der Waals surface area contributed by atoms with E-state index in [4.69, 9.17) is 16.3 Å². The minimum atomic E-state index is -0.756. The number of aliphatic hydroxyl groups excluding tert-OH is 1. The summed E-state index contributed by atoms with van der Waals surface area (Å²) in [6.07, 6.45) is -0.939. The molecule has 0 aliphatic carbocycles. The van der Waals surface area contributed by atoms with Gasteiger partial charge >= 0.3 is 0 Å². The molecule has 0 fully saturated rings. The topological polar surface area (TPSA) is 29.5 Å². The fourth-order valence-electron chi connectivity index (χ4n) is 2.33. The van der Waals surface area contributed by atoms with Crippen LogP contribution in [0.2, 0.25) is 5.02 Å². The number of hydrogen-bond acceptors (Lipinski definition) is 2. The third-order valence-corrected chi connectivity index (χ3v) is 3.65. The summed E-state index contributed by atoms with van der Waals surface area (Å²) in [5.41, 5.74) is 1.20. The van der Waals surface area contributed by atoms with Gasteiger partial charge in [-0.05, 0) is 29.8 Å². The van der Waals surface area contributed by atoms with E-state index in [-0.39, 0.29) is 5.02 Å². The first-order chi connectivity index (χ1) is 9.54. The first-order valence-electron chi connectivity index (χ1n) is 6.13. The number of ether oxygens (including phenoxy) is 1. The van der Waals surface area contributed by atoms with Crippen molar-refractivity contribution in [2.45, 2.75) is 18.6 Å². The van der Waals surface area contributed by atoms with E-state index in [9.17, 15) is 13.9 Å². The van der Waals surface area contributed by atoms with Crippen LogP contribution < -0.4 is 4.74 Å². The average molecular weight is 297 g/mol. The van der Waals surface area contributed by atoms with Crippen molar-refractivity contribution in [3.05, 3.63) is 64.2 Å². The quantitative estimate of drug-likeness (QED) is 0.855. The number of benzene rings is 2. The largest absolute Gasteiger partial charge is 0.485 e. The molecule has 1 N–H and O–H groups in total. The molecule has 1 heterocycles. The average Bonchev–Trinajstić information content (AvgIpc) is 2.41. The van der Waals surface area contributed by atoms with Gasteiger partial charge < -0.3 is 9.84 Å². The fraction of sp³-hybridized carbons (Fsp3) is 0.200. The van der Waals surface area contributed by atoms with E-state index in [1.807, 2.05) is 0 Å². The van der Waals surface area contributed by atoms with Crippen LogP contribution in [0.5, 0.6) is 5.75 Å². The van der Waals surface area contributed by atoms with Gasteiger partial charge in [0.05, 0.1) is 11.1 Å². The number of hydrogen-bond donors (Lipinski definition) is 1. The SMILES string of the molecule is O[C@@H]1CC(c2ccc(F)c(Cl)c2)Oc2cc(F)ccc21. The van der Waals surface area contributed by atoms with E-state index in [1.165, 1.54) is 30.3 Å². The molecule has 104 valence electrons. The molecular formula is C15H11ClF2O2. The monoisotopic (exact) mass is 296 g/mol. The van der Waals surface area contributed by atoms with Crippen LogP contribution in [0.15, 0.2) is 36.4 Å². The lowest BCUT2D eigenvalue weighted by molar-refractivity contribution is 0.0653. The van der Waals surface area contributed by atoms with Crippen molar-refractivity contribution in [2.75, 3.05) is 0 Å². The molecular weight excluding hydrogens is 286 g/mol. The third-order valence-electron chi connectivity index (χ3n) is 3.36. The molecule has 1 unspecified atom stereocenters. The second-order valence-corrected chi connectivity index (χ2v) is 5.12. The second kappa shape index (κ2) is 5.04. The van der Waals surface area contributed by atoms with E-state index in [1.54, 1.807) is 6.07 Å². The van der Waals surface area contributed by atoms with Crippen molar-refractivity contribution < 1.29 is 18.6 Å². The lowest BCUT2D eigenvalue weighted by Gasteiger charge is -2.30. The summed E-state index contributed by atoms with van der Waals surface area (Å²) in [6.45, 7) is 0. The van der Waals surface area contributed by atoms with Crippen LogP contribution >= 0.6 is 11.6 Å². The van der Waals surface area contributed by atoms with Crippen molar-refractivity contribution in [1.29, 1.82) is 0 Å². The minimum absolute atomic E-state index is 0.00868. The van der Waals surface area contributed by atoms with Gasteiger partial charge in [0.2, 0.25) is 0 Å². The van der Waals surface area contributed by atoms with Crippen LogP contribution in [0.25, 0.3) is 0 Å². The molecule has 0 bridgehead atoms. The van der Waals surface area contributed by atoms with Gasteiger partial charge in [-0.2, -0.15) is 0 Å². The Labute approximate surface area is 119 Å². The van der Waals surface area contributed by atoms with Crippen molar-refractivity contribution in [3.8, 4) is 5.75 Å². The number of rotatable bonds is 1. The number of halogens is 3. The lowest BCUT2D eigenvalue weighted by Crippen LogP contribution is -2.19. The fourth-order valence-corrected chi connectivity index (χ4v) is 2.52. The van der Waals surface area contributed by atoms with Crippen molar-refractivity contribution in [1.82, 2.24) is 0 Å². The molecule has 0 spiro atoms. The van der Waals surface area contributed by atoms with Crippen molar-refractivity contribution >= 4 is 11.6 Å². The smallest absolute Gasteiger partial charge is 0.141 e. The molecule has 0 amide bonds. The molecule has 3 rings (SSSR count). The number of fused-ring (bicyclic) bond motifs is 1. The molecule has 0 aromatic heterocycles. The summed E-state index contributed by atoms with van der Waals surface area (Å²) in [5.74, 6) is -0.652. The van der Waals surface area contributed by atoms with Crippen LogP contribution in [-0.2, 0) is 0 Å². The lowest BCUT2D eigenvalue weighted by atomic mass is 9.95. The third kappa shape index (κ3) is 2.37. The van der Waals surface area contributed by atoms with Crippen LogP contribution in [0, 0.1) is 11.6 Å². The maximum Gasteiger partial charge on any atom is 0.141 e. The maximum absolute atomic E-state index is 13.2. The molecule has 0 saturated carbocycles. The van der Waals surface area contributed by atoms with E-state index in [0.29, 0.717) is 23.3 Å². The summed E-state index contributed by atoms with van der Waals surface area (Å²) in [4.78, 5) is 0. The predicted molar refractivity (Wildman–Crippen MR) is 70.8 cm³/mol. The highest BCUT2D eigenvalue weighted by Gasteiger charge is 2.28. The molecule has 0 saturated heterocycles. The van der Waals surface area contributed by atoms with Crippen LogP contribution in [0.4, 0.5) is 8.78 Å². The van der Waals surface area contributed by atoms with Crippen molar-refractivity contribution in [3.63, 3.8) is 0 Å². The molecule has 2 aromatic rings. The molecule has 1 aliphatic heterocycles. The molecule has 2 atom stereocenters. The van der Waals surface area contributed by atoms with Crippen LogP contribution in [-0.4, -0.2) is 5.11 Å². The predicted octanol–water partition coefficient (Wildman–Crippen LogP) is 4.18. The van der Waals surface area contributed by atoms with E-state index in [2.05, 4.69) is 0 Å². The Morgan fingerprint density at radius 3 is 2.70 bits per heavy atom. The highest BCUT2D eigenvalue weighted by molar-refractivity contribution is 6.30. The normalized spacial score (nSPS) is 21.2. The highest BCUT2D eigenvalue weighted by atomic mass is 35.5. The highest BCUT2D eigenvalue weighted by Crippen LogP contribution is 2.41. The number of aliphatic hydroxyl groups is 1. The first-order valence-corrected chi connectivity index (χ1v) is 6.51. The van der Waals surface area contributed by atoms with Crippen LogP contribution in [0.1, 0.15) is 29.8 Å². The van der Waals surface area contributed by atoms with E-state index in [0.717, 1.165) is 0 Å². The van der Waals surface area contributed by atoms with Gasteiger partial charge in [-0.25, -0.2) is 8.78 Å². The van der Waals surface area contributed by atoms with Gasteiger partial charge in [0, 0.05) is 18.1 Å². The maximum atomic E-state index is 13.2.